The van der Waals surface area contributed by atoms with Crippen LogP contribution in [-0.2, 0) is 27.8 Å². The van der Waals surface area contributed by atoms with E-state index in [9.17, 15) is 8.42 Å². The molecule has 150 valence electrons. The standard InChI is InChI=1S/C20H24N2O5S/c23-28(24,18-5-6-19-20(13-18)27-12-11-26-19)21-14-16-1-3-17(4-2-16)15-22-7-9-25-10-8-22/h1-6,13,21H,7-12,14-15H2. The van der Waals surface area contributed by atoms with Gasteiger partial charge in [-0.1, -0.05) is 24.3 Å². The quantitative estimate of drug-likeness (QED) is 0.791. The van der Waals surface area contributed by atoms with E-state index in [1.54, 1.807) is 6.07 Å². The van der Waals surface area contributed by atoms with E-state index in [1.807, 2.05) is 24.3 Å². The molecule has 0 spiro atoms. The van der Waals surface area contributed by atoms with Crippen LogP contribution >= 0.6 is 0 Å². The van der Waals surface area contributed by atoms with Gasteiger partial charge < -0.3 is 14.2 Å². The molecule has 8 heteroatoms. The second kappa shape index (κ2) is 8.48. The number of rotatable bonds is 6. The average Bonchev–Trinajstić information content (AvgIpc) is 2.74. The fraction of sp³-hybridized carbons (Fsp3) is 0.400. The lowest BCUT2D eigenvalue weighted by Gasteiger charge is -2.26. The van der Waals surface area contributed by atoms with Gasteiger partial charge in [-0.25, -0.2) is 13.1 Å². The van der Waals surface area contributed by atoms with E-state index >= 15 is 0 Å². The molecule has 28 heavy (non-hydrogen) atoms. The van der Waals surface area contributed by atoms with E-state index in [4.69, 9.17) is 14.2 Å². The van der Waals surface area contributed by atoms with Gasteiger partial charge in [-0.15, -0.1) is 0 Å². The van der Waals surface area contributed by atoms with Crippen LogP contribution in [0.1, 0.15) is 11.1 Å². The van der Waals surface area contributed by atoms with Crippen molar-refractivity contribution >= 4 is 10.0 Å². The summed E-state index contributed by atoms with van der Waals surface area (Å²) < 4.78 is 44.1. The molecule has 1 fully saturated rings. The molecule has 4 rings (SSSR count). The summed E-state index contributed by atoms with van der Waals surface area (Å²) in [6.07, 6.45) is 0. The monoisotopic (exact) mass is 404 g/mol. The zero-order valence-electron chi connectivity index (χ0n) is 15.6. The van der Waals surface area contributed by atoms with Gasteiger partial charge in [0, 0.05) is 32.2 Å². The topological polar surface area (TPSA) is 77.1 Å². The summed E-state index contributed by atoms with van der Waals surface area (Å²) >= 11 is 0. The molecular formula is C20H24N2O5S. The van der Waals surface area contributed by atoms with Crippen LogP contribution in [0.4, 0.5) is 0 Å². The highest BCUT2D eigenvalue weighted by molar-refractivity contribution is 7.89. The summed E-state index contributed by atoms with van der Waals surface area (Å²) in [6, 6.07) is 12.7. The SMILES string of the molecule is O=S(=O)(NCc1ccc(CN2CCOCC2)cc1)c1ccc2c(c1)OCCO2. The predicted octanol–water partition coefficient (Wildman–Crippen LogP) is 1.77. The van der Waals surface area contributed by atoms with Crippen LogP contribution in [-0.4, -0.2) is 52.8 Å². The zero-order chi connectivity index (χ0) is 19.4. The molecule has 0 amide bonds. The number of morpholine rings is 1. The molecule has 7 nitrogen and oxygen atoms in total. The van der Waals surface area contributed by atoms with Gasteiger partial charge in [0.05, 0.1) is 18.1 Å². The Balaban J connectivity index is 1.36. The van der Waals surface area contributed by atoms with E-state index in [1.165, 1.54) is 17.7 Å². The maximum absolute atomic E-state index is 12.6. The number of nitrogens with zero attached hydrogens (tertiary/aromatic N) is 1. The van der Waals surface area contributed by atoms with Gasteiger partial charge in [0.1, 0.15) is 13.2 Å². The summed E-state index contributed by atoms with van der Waals surface area (Å²) in [4.78, 5) is 2.52. The third kappa shape index (κ3) is 4.64. The molecule has 0 atom stereocenters. The highest BCUT2D eigenvalue weighted by atomic mass is 32.2. The van der Waals surface area contributed by atoms with Gasteiger partial charge in [-0.3, -0.25) is 4.90 Å². The number of ether oxygens (including phenoxy) is 3. The molecule has 0 aromatic heterocycles. The first kappa shape index (κ1) is 19.2. The van der Waals surface area contributed by atoms with Crippen molar-refractivity contribution in [1.29, 1.82) is 0 Å². The van der Waals surface area contributed by atoms with Crippen LogP contribution in [0.3, 0.4) is 0 Å². The van der Waals surface area contributed by atoms with Crippen LogP contribution in [0.15, 0.2) is 47.4 Å². The summed E-state index contributed by atoms with van der Waals surface area (Å²) in [6.45, 7) is 5.44. The molecule has 0 aliphatic carbocycles. The molecule has 2 aliphatic rings. The molecule has 2 heterocycles. The number of nitrogens with one attached hydrogen (secondary N) is 1. The number of fused-ring (bicyclic) bond motifs is 1. The lowest BCUT2D eigenvalue weighted by molar-refractivity contribution is 0.0342. The Morgan fingerprint density at radius 2 is 1.54 bits per heavy atom. The first-order chi connectivity index (χ1) is 13.6. The third-order valence-electron chi connectivity index (χ3n) is 4.82. The molecule has 1 saturated heterocycles. The van der Waals surface area contributed by atoms with Gasteiger partial charge >= 0.3 is 0 Å². The number of hydrogen-bond donors (Lipinski definition) is 1. The largest absolute Gasteiger partial charge is 0.486 e. The summed E-state index contributed by atoms with van der Waals surface area (Å²) in [5.41, 5.74) is 2.12. The van der Waals surface area contributed by atoms with E-state index in [0.717, 1.165) is 38.4 Å². The Morgan fingerprint density at radius 1 is 0.857 bits per heavy atom. The molecule has 0 bridgehead atoms. The molecular weight excluding hydrogens is 380 g/mol. The van der Waals surface area contributed by atoms with E-state index in [0.29, 0.717) is 24.7 Å². The average molecular weight is 404 g/mol. The Labute approximate surface area is 165 Å². The molecule has 0 radical (unpaired) electrons. The number of hydrogen-bond acceptors (Lipinski definition) is 6. The predicted molar refractivity (Wildman–Crippen MR) is 104 cm³/mol. The van der Waals surface area contributed by atoms with Gasteiger partial charge in [0.2, 0.25) is 10.0 Å². The Morgan fingerprint density at radius 3 is 2.29 bits per heavy atom. The molecule has 2 aliphatic heterocycles. The first-order valence-electron chi connectivity index (χ1n) is 9.37. The second-order valence-corrected chi connectivity index (χ2v) is 8.60. The lowest BCUT2D eigenvalue weighted by atomic mass is 10.1. The Hall–Kier alpha value is -2.13. The van der Waals surface area contributed by atoms with E-state index in [-0.39, 0.29) is 11.4 Å². The van der Waals surface area contributed by atoms with Crippen molar-refractivity contribution in [2.24, 2.45) is 0 Å². The second-order valence-electron chi connectivity index (χ2n) is 6.84. The maximum Gasteiger partial charge on any atom is 0.241 e. The summed E-state index contributed by atoms with van der Waals surface area (Å²) in [7, 11) is -3.63. The minimum atomic E-state index is -3.63. The molecule has 0 saturated carbocycles. The highest BCUT2D eigenvalue weighted by Crippen LogP contribution is 2.32. The van der Waals surface area contributed by atoms with Gasteiger partial charge in [0.15, 0.2) is 11.5 Å². The van der Waals surface area contributed by atoms with Gasteiger partial charge in [-0.05, 0) is 23.3 Å². The summed E-state index contributed by atoms with van der Waals surface area (Å²) in [5, 5.41) is 0. The summed E-state index contributed by atoms with van der Waals surface area (Å²) in [5.74, 6) is 1.03. The van der Waals surface area contributed by atoms with Crippen molar-refractivity contribution in [3.63, 3.8) is 0 Å². The molecule has 0 unspecified atom stereocenters. The van der Waals surface area contributed by atoms with Crippen molar-refractivity contribution in [2.75, 3.05) is 39.5 Å². The maximum atomic E-state index is 12.6. The van der Waals surface area contributed by atoms with Crippen molar-refractivity contribution in [3.05, 3.63) is 53.6 Å². The lowest BCUT2D eigenvalue weighted by Crippen LogP contribution is -2.35. The Kier molecular flexibility index (Phi) is 5.82. The Bertz CT molecular complexity index is 909. The van der Waals surface area contributed by atoms with Crippen molar-refractivity contribution in [3.8, 4) is 11.5 Å². The third-order valence-corrected chi connectivity index (χ3v) is 6.22. The van der Waals surface area contributed by atoms with E-state index in [2.05, 4.69) is 9.62 Å². The smallest absolute Gasteiger partial charge is 0.241 e. The van der Waals surface area contributed by atoms with Crippen molar-refractivity contribution < 1.29 is 22.6 Å². The fourth-order valence-electron chi connectivity index (χ4n) is 3.23. The number of benzene rings is 2. The van der Waals surface area contributed by atoms with Crippen molar-refractivity contribution in [2.45, 2.75) is 18.0 Å². The van der Waals surface area contributed by atoms with Gasteiger partial charge in [0.25, 0.3) is 0 Å². The van der Waals surface area contributed by atoms with Crippen LogP contribution in [0.25, 0.3) is 0 Å². The fourth-order valence-corrected chi connectivity index (χ4v) is 4.27. The van der Waals surface area contributed by atoms with Gasteiger partial charge in [-0.2, -0.15) is 0 Å². The molecule has 2 aromatic carbocycles. The minimum absolute atomic E-state index is 0.167. The normalized spacial score (nSPS) is 17.4. The zero-order valence-corrected chi connectivity index (χ0v) is 16.4. The minimum Gasteiger partial charge on any atom is -0.486 e. The highest BCUT2D eigenvalue weighted by Gasteiger charge is 2.19. The van der Waals surface area contributed by atoms with Crippen molar-refractivity contribution in [1.82, 2.24) is 9.62 Å². The first-order valence-corrected chi connectivity index (χ1v) is 10.9. The van der Waals surface area contributed by atoms with E-state index < -0.39 is 10.0 Å². The molecule has 1 N–H and O–H groups in total. The van der Waals surface area contributed by atoms with Crippen LogP contribution in [0.2, 0.25) is 0 Å². The number of sulfonamides is 1. The molecule has 2 aromatic rings. The van der Waals surface area contributed by atoms with Crippen LogP contribution in [0, 0.1) is 0 Å². The van der Waals surface area contributed by atoms with Crippen LogP contribution < -0.4 is 14.2 Å². The van der Waals surface area contributed by atoms with Crippen LogP contribution in [0.5, 0.6) is 11.5 Å².